The molecule has 4 heteroatoms. The maximum atomic E-state index is 12.6. The number of aromatic nitrogens is 1. The van der Waals surface area contributed by atoms with Crippen LogP contribution in [0, 0.1) is 0 Å². The number of nitrogens with zero attached hydrogens (tertiary/aromatic N) is 1. The van der Waals surface area contributed by atoms with E-state index in [0.717, 1.165) is 32.9 Å². The van der Waals surface area contributed by atoms with Crippen molar-refractivity contribution < 1.29 is 9.53 Å². The third-order valence-electron chi connectivity index (χ3n) is 4.92. The fraction of sp³-hybridized carbons (Fsp3) is 0.167. The number of ether oxygens (including phenoxy) is 1. The van der Waals surface area contributed by atoms with Crippen LogP contribution in [-0.2, 0) is 4.74 Å². The molecule has 0 bridgehead atoms. The summed E-state index contributed by atoms with van der Waals surface area (Å²) in [4.78, 5) is 17.2. The normalized spacial score (nSPS) is 12.1. The Morgan fingerprint density at radius 2 is 1.75 bits per heavy atom. The van der Waals surface area contributed by atoms with Crippen LogP contribution >= 0.6 is 0 Å². The highest BCUT2D eigenvalue weighted by atomic mass is 16.5. The average Bonchev–Trinajstić information content (AvgIpc) is 2.74. The third kappa shape index (κ3) is 3.29. The number of fused-ring (bicyclic) bond motifs is 3. The zero-order valence-corrected chi connectivity index (χ0v) is 16.0. The first-order valence-electron chi connectivity index (χ1n) is 9.48. The van der Waals surface area contributed by atoms with E-state index in [2.05, 4.69) is 47.6 Å². The lowest BCUT2D eigenvalue weighted by molar-refractivity contribution is 0.0527. The van der Waals surface area contributed by atoms with Gasteiger partial charge < -0.3 is 10.1 Å². The van der Waals surface area contributed by atoms with E-state index in [9.17, 15) is 4.79 Å². The zero-order chi connectivity index (χ0) is 19.5. The summed E-state index contributed by atoms with van der Waals surface area (Å²) < 4.78 is 5.27. The molecule has 0 radical (unpaired) electrons. The maximum Gasteiger partial charge on any atom is 0.341 e. The maximum absolute atomic E-state index is 12.6. The highest BCUT2D eigenvalue weighted by Gasteiger charge is 2.19. The Morgan fingerprint density at radius 3 is 2.54 bits per heavy atom. The molecule has 1 heterocycles. The van der Waals surface area contributed by atoms with Gasteiger partial charge in [0.1, 0.15) is 5.56 Å². The fourth-order valence-corrected chi connectivity index (χ4v) is 3.50. The van der Waals surface area contributed by atoms with E-state index >= 15 is 0 Å². The average molecular weight is 370 g/mol. The molecule has 0 aliphatic carbocycles. The number of anilines is 1. The largest absolute Gasteiger partial charge is 0.462 e. The number of hydrogen-bond donors (Lipinski definition) is 1. The van der Waals surface area contributed by atoms with Gasteiger partial charge in [-0.2, -0.15) is 0 Å². The summed E-state index contributed by atoms with van der Waals surface area (Å²) in [6.45, 7) is 4.21. The van der Waals surface area contributed by atoms with Gasteiger partial charge in [-0.05, 0) is 24.8 Å². The van der Waals surface area contributed by atoms with Crippen LogP contribution in [0.1, 0.15) is 35.8 Å². The number of carbonyl (C=O) groups is 1. The number of rotatable bonds is 5. The van der Waals surface area contributed by atoms with Gasteiger partial charge in [-0.1, -0.05) is 66.7 Å². The molecule has 1 unspecified atom stereocenters. The van der Waals surface area contributed by atoms with Crippen LogP contribution in [0.2, 0.25) is 0 Å². The van der Waals surface area contributed by atoms with Gasteiger partial charge in [0.15, 0.2) is 0 Å². The summed E-state index contributed by atoms with van der Waals surface area (Å²) in [6.07, 6.45) is 1.62. The molecule has 0 aliphatic heterocycles. The van der Waals surface area contributed by atoms with E-state index in [0.29, 0.717) is 12.2 Å². The molecular weight excluding hydrogens is 348 g/mol. The monoisotopic (exact) mass is 370 g/mol. The highest BCUT2D eigenvalue weighted by Crippen LogP contribution is 2.33. The summed E-state index contributed by atoms with van der Waals surface area (Å²) in [5.41, 5.74) is 3.22. The van der Waals surface area contributed by atoms with Crippen LogP contribution in [0.15, 0.2) is 72.9 Å². The predicted molar refractivity (Wildman–Crippen MR) is 114 cm³/mol. The smallest absolute Gasteiger partial charge is 0.341 e. The molecule has 0 fully saturated rings. The van der Waals surface area contributed by atoms with E-state index in [1.54, 1.807) is 13.1 Å². The number of carbonyl (C=O) groups excluding carboxylic acids is 1. The van der Waals surface area contributed by atoms with Gasteiger partial charge in [0.2, 0.25) is 0 Å². The van der Waals surface area contributed by atoms with Crippen LogP contribution in [0.25, 0.3) is 21.7 Å². The SMILES string of the molecule is CCOC(=O)c1cnc2c(ccc3ccccc32)c1NC(C)c1ccccc1. The molecule has 1 aromatic heterocycles. The number of pyridine rings is 1. The van der Waals surface area contributed by atoms with Crippen LogP contribution in [0.5, 0.6) is 0 Å². The summed E-state index contributed by atoms with van der Waals surface area (Å²) in [6, 6.07) is 22.4. The quantitative estimate of drug-likeness (QED) is 0.360. The predicted octanol–water partition coefficient (Wildman–Crippen LogP) is 5.74. The Labute approximate surface area is 164 Å². The van der Waals surface area contributed by atoms with Crippen LogP contribution < -0.4 is 5.32 Å². The van der Waals surface area contributed by atoms with Crippen molar-refractivity contribution in [2.45, 2.75) is 19.9 Å². The van der Waals surface area contributed by atoms with Crippen molar-refractivity contribution in [2.75, 3.05) is 11.9 Å². The van der Waals surface area contributed by atoms with Gasteiger partial charge >= 0.3 is 5.97 Å². The minimum atomic E-state index is -0.368. The van der Waals surface area contributed by atoms with Gasteiger partial charge in [-0.3, -0.25) is 4.98 Å². The third-order valence-corrected chi connectivity index (χ3v) is 4.92. The first kappa shape index (κ1) is 18.0. The summed E-state index contributed by atoms with van der Waals surface area (Å²) in [7, 11) is 0. The molecule has 140 valence electrons. The Balaban J connectivity index is 1.90. The summed E-state index contributed by atoms with van der Waals surface area (Å²) in [5, 5.41) is 6.62. The molecule has 0 saturated carbocycles. The van der Waals surface area contributed by atoms with E-state index in [-0.39, 0.29) is 12.0 Å². The van der Waals surface area contributed by atoms with Crippen LogP contribution in [-0.4, -0.2) is 17.6 Å². The molecule has 0 saturated heterocycles. The van der Waals surface area contributed by atoms with Crippen LogP contribution in [0.3, 0.4) is 0 Å². The molecule has 3 aromatic carbocycles. The number of esters is 1. The van der Waals surface area contributed by atoms with Crippen molar-refractivity contribution in [1.82, 2.24) is 4.98 Å². The lowest BCUT2D eigenvalue weighted by Gasteiger charge is -2.20. The fourth-order valence-electron chi connectivity index (χ4n) is 3.50. The Hall–Kier alpha value is -3.40. The second-order valence-corrected chi connectivity index (χ2v) is 6.73. The second kappa shape index (κ2) is 7.69. The molecule has 0 amide bonds. The van der Waals surface area contributed by atoms with Crippen molar-refractivity contribution in [3.05, 3.63) is 84.1 Å². The van der Waals surface area contributed by atoms with Crippen LogP contribution in [0.4, 0.5) is 5.69 Å². The number of nitrogens with one attached hydrogen (secondary N) is 1. The van der Waals surface area contributed by atoms with Gasteiger partial charge in [-0.25, -0.2) is 4.79 Å². The van der Waals surface area contributed by atoms with E-state index < -0.39 is 0 Å². The molecule has 4 rings (SSSR count). The molecule has 1 atom stereocenters. The summed E-state index contributed by atoms with van der Waals surface area (Å²) >= 11 is 0. The number of hydrogen-bond acceptors (Lipinski definition) is 4. The second-order valence-electron chi connectivity index (χ2n) is 6.73. The first-order valence-corrected chi connectivity index (χ1v) is 9.48. The topological polar surface area (TPSA) is 51.2 Å². The minimum Gasteiger partial charge on any atom is -0.462 e. The molecule has 0 spiro atoms. The van der Waals surface area contributed by atoms with Crippen molar-refractivity contribution in [3.63, 3.8) is 0 Å². The van der Waals surface area contributed by atoms with E-state index in [4.69, 9.17) is 4.74 Å². The summed E-state index contributed by atoms with van der Waals surface area (Å²) in [5.74, 6) is -0.368. The van der Waals surface area contributed by atoms with Crippen molar-refractivity contribution in [1.29, 1.82) is 0 Å². The first-order chi connectivity index (χ1) is 13.7. The molecule has 4 nitrogen and oxygen atoms in total. The van der Waals surface area contributed by atoms with E-state index in [1.165, 1.54) is 0 Å². The zero-order valence-electron chi connectivity index (χ0n) is 16.0. The standard InChI is InChI=1S/C24H22N2O2/c1-3-28-24(27)21-15-25-22-19-12-8-7-11-18(19)13-14-20(22)23(21)26-16(2)17-9-5-4-6-10-17/h4-16H,3H2,1-2H3,(H,25,26). The van der Waals surface area contributed by atoms with Gasteiger partial charge in [0.25, 0.3) is 0 Å². The lowest BCUT2D eigenvalue weighted by Crippen LogP contribution is -2.13. The molecule has 4 aromatic rings. The van der Waals surface area contributed by atoms with Crippen molar-refractivity contribution in [2.24, 2.45) is 0 Å². The lowest BCUT2D eigenvalue weighted by atomic mass is 10.0. The Bertz CT molecular complexity index is 1140. The molecule has 0 aliphatic rings. The van der Waals surface area contributed by atoms with Crippen molar-refractivity contribution >= 4 is 33.3 Å². The van der Waals surface area contributed by atoms with Crippen molar-refractivity contribution in [3.8, 4) is 0 Å². The molecule has 1 N–H and O–H groups in total. The number of benzene rings is 3. The molecule has 28 heavy (non-hydrogen) atoms. The highest BCUT2D eigenvalue weighted by molar-refractivity contribution is 6.13. The van der Waals surface area contributed by atoms with E-state index in [1.807, 2.05) is 36.4 Å². The Morgan fingerprint density at radius 1 is 1.00 bits per heavy atom. The van der Waals surface area contributed by atoms with Gasteiger partial charge in [-0.15, -0.1) is 0 Å². The minimum absolute atomic E-state index is 0.0199. The van der Waals surface area contributed by atoms with Gasteiger partial charge in [0, 0.05) is 23.0 Å². The van der Waals surface area contributed by atoms with Gasteiger partial charge in [0.05, 0.1) is 17.8 Å². The molecular formula is C24H22N2O2. The Kier molecular flexibility index (Phi) is 4.94.